The van der Waals surface area contributed by atoms with Crippen molar-refractivity contribution in [3.05, 3.63) is 0 Å². The normalized spacial score (nSPS) is 20.9. The number of hydrogen-bond acceptors (Lipinski definition) is 3. The fourth-order valence-corrected chi connectivity index (χ4v) is 1.38. The van der Waals surface area contributed by atoms with Crippen molar-refractivity contribution in [1.29, 1.82) is 0 Å². The van der Waals surface area contributed by atoms with Crippen molar-refractivity contribution < 1.29 is 9.53 Å². The van der Waals surface area contributed by atoms with Gasteiger partial charge >= 0.3 is 0 Å². The molecule has 2 N–H and O–H groups in total. The molecule has 0 aliphatic carbocycles. The SMILES string of the molecule is CCC(N)C(=O)N1CCCOCC1. The minimum Gasteiger partial charge on any atom is -0.380 e. The Morgan fingerprint density at radius 3 is 3.00 bits per heavy atom. The lowest BCUT2D eigenvalue weighted by Gasteiger charge is -2.22. The first kappa shape index (κ1) is 10.5. The summed E-state index contributed by atoms with van der Waals surface area (Å²) in [5, 5.41) is 0. The maximum Gasteiger partial charge on any atom is 0.239 e. The van der Waals surface area contributed by atoms with Crippen molar-refractivity contribution in [2.24, 2.45) is 5.73 Å². The fraction of sp³-hybridized carbons (Fsp3) is 0.889. The molecule has 1 rings (SSSR count). The number of nitrogens with two attached hydrogens (primary N) is 1. The standard InChI is InChI=1S/C9H18N2O2/c1-2-8(10)9(12)11-4-3-6-13-7-5-11/h8H,2-7,10H2,1H3. The number of nitrogens with zero attached hydrogens (tertiary/aromatic N) is 1. The van der Waals surface area contributed by atoms with Gasteiger partial charge in [0.25, 0.3) is 0 Å². The fourth-order valence-electron chi connectivity index (χ4n) is 1.38. The van der Waals surface area contributed by atoms with E-state index >= 15 is 0 Å². The van der Waals surface area contributed by atoms with Crippen LogP contribution in [-0.2, 0) is 9.53 Å². The molecule has 1 aliphatic rings. The van der Waals surface area contributed by atoms with Crippen LogP contribution in [0.5, 0.6) is 0 Å². The zero-order valence-electron chi connectivity index (χ0n) is 8.16. The van der Waals surface area contributed by atoms with E-state index in [1.807, 2.05) is 6.92 Å². The van der Waals surface area contributed by atoms with Gasteiger partial charge in [-0.2, -0.15) is 0 Å². The molecule has 0 radical (unpaired) electrons. The molecule has 1 unspecified atom stereocenters. The predicted octanol–water partition coefficient (Wildman–Crippen LogP) is -0.0274. The summed E-state index contributed by atoms with van der Waals surface area (Å²) < 4.78 is 5.25. The smallest absolute Gasteiger partial charge is 0.239 e. The van der Waals surface area contributed by atoms with E-state index in [1.54, 1.807) is 4.90 Å². The Morgan fingerprint density at radius 2 is 2.31 bits per heavy atom. The largest absolute Gasteiger partial charge is 0.380 e. The number of ether oxygens (including phenoxy) is 1. The maximum atomic E-state index is 11.6. The van der Waals surface area contributed by atoms with Crippen LogP contribution in [0.1, 0.15) is 19.8 Å². The summed E-state index contributed by atoms with van der Waals surface area (Å²) in [4.78, 5) is 13.4. The average molecular weight is 186 g/mol. The van der Waals surface area contributed by atoms with Crippen LogP contribution in [0.25, 0.3) is 0 Å². The number of carbonyl (C=O) groups is 1. The molecule has 1 aliphatic heterocycles. The molecule has 1 fully saturated rings. The topological polar surface area (TPSA) is 55.6 Å². The van der Waals surface area contributed by atoms with Crippen LogP contribution in [0.15, 0.2) is 0 Å². The highest BCUT2D eigenvalue weighted by Crippen LogP contribution is 2.02. The van der Waals surface area contributed by atoms with Crippen molar-refractivity contribution in [3.8, 4) is 0 Å². The third-order valence-electron chi connectivity index (χ3n) is 2.29. The Kier molecular flexibility index (Phi) is 4.18. The van der Waals surface area contributed by atoms with Gasteiger partial charge in [0.2, 0.25) is 5.91 Å². The van der Waals surface area contributed by atoms with E-state index in [-0.39, 0.29) is 11.9 Å². The molecular formula is C9H18N2O2. The van der Waals surface area contributed by atoms with Crippen LogP contribution >= 0.6 is 0 Å². The van der Waals surface area contributed by atoms with Crippen LogP contribution in [0.2, 0.25) is 0 Å². The molecule has 13 heavy (non-hydrogen) atoms. The molecule has 4 heteroatoms. The highest BCUT2D eigenvalue weighted by Gasteiger charge is 2.20. The Hall–Kier alpha value is -0.610. The van der Waals surface area contributed by atoms with Crippen LogP contribution in [0.3, 0.4) is 0 Å². The molecule has 1 heterocycles. The van der Waals surface area contributed by atoms with E-state index in [0.29, 0.717) is 19.6 Å². The second-order valence-electron chi connectivity index (χ2n) is 3.31. The summed E-state index contributed by atoms with van der Waals surface area (Å²) in [5.41, 5.74) is 5.67. The van der Waals surface area contributed by atoms with Gasteiger partial charge in [0.1, 0.15) is 0 Å². The molecule has 1 atom stereocenters. The monoisotopic (exact) mass is 186 g/mol. The quantitative estimate of drug-likeness (QED) is 0.659. The van der Waals surface area contributed by atoms with Gasteiger partial charge in [0, 0.05) is 19.7 Å². The van der Waals surface area contributed by atoms with E-state index < -0.39 is 0 Å². The first-order valence-electron chi connectivity index (χ1n) is 4.87. The lowest BCUT2D eigenvalue weighted by atomic mass is 10.2. The second kappa shape index (κ2) is 5.19. The number of carbonyl (C=O) groups excluding carboxylic acids is 1. The molecular weight excluding hydrogens is 168 g/mol. The van der Waals surface area contributed by atoms with Crippen LogP contribution in [-0.4, -0.2) is 43.2 Å². The zero-order chi connectivity index (χ0) is 9.68. The van der Waals surface area contributed by atoms with Crippen molar-refractivity contribution in [2.45, 2.75) is 25.8 Å². The van der Waals surface area contributed by atoms with E-state index in [9.17, 15) is 4.79 Å². The lowest BCUT2D eigenvalue weighted by molar-refractivity contribution is -0.132. The first-order chi connectivity index (χ1) is 6.25. The van der Waals surface area contributed by atoms with Gasteiger partial charge in [-0.15, -0.1) is 0 Å². The molecule has 0 aromatic carbocycles. The first-order valence-corrected chi connectivity index (χ1v) is 4.87. The van der Waals surface area contributed by atoms with Crippen LogP contribution in [0, 0.1) is 0 Å². The number of amides is 1. The summed E-state index contributed by atoms with van der Waals surface area (Å²) in [6, 6.07) is -0.335. The number of hydrogen-bond donors (Lipinski definition) is 1. The highest BCUT2D eigenvalue weighted by atomic mass is 16.5. The molecule has 0 aromatic heterocycles. The van der Waals surface area contributed by atoms with E-state index in [0.717, 1.165) is 19.6 Å². The predicted molar refractivity (Wildman–Crippen MR) is 50.3 cm³/mol. The molecule has 0 bridgehead atoms. The van der Waals surface area contributed by atoms with Gasteiger partial charge in [0.05, 0.1) is 12.6 Å². The van der Waals surface area contributed by atoms with Gasteiger partial charge < -0.3 is 15.4 Å². The lowest BCUT2D eigenvalue weighted by Crippen LogP contribution is -2.44. The Labute approximate surface area is 79.0 Å². The third-order valence-corrected chi connectivity index (χ3v) is 2.29. The van der Waals surface area contributed by atoms with Gasteiger partial charge in [0.15, 0.2) is 0 Å². The maximum absolute atomic E-state index is 11.6. The molecule has 0 spiro atoms. The zero-order valence-corrected chi connectivity index (χ0v) is 8.16. The summed E-state index contributed by atoms with van der Waals surface area (Å²) in [5.74, 6) is 0.0630. The minimum atomic E-state index is -0.335. The van der Waals surface area contributed by atoms with Crippen molar-refractivity contribution in [3.63, 3.8) is 0 Å². The number of rotatable bonds is 2. The van der Waals surface area contributed by atoms with Gasteiger partial charge in [-0.1, -0.05) is 6.92 Å². The molecule has 4 nitrogen and oxygen atoms in total. The molecule has 0 saturated carbocycles. The Morgan fingerprint density at radius 1 is 1.54 bits per heavy atom. The van der Waals surface area contributed by atoms with Crippen LogP contribution in [0.4, 0.5) is 0 Å². The van der Waals surface area contributed by atoms with Gasteiger partial charge in [-0.3, -0.25) is 4.79 Å². The van der Waals surface area contributed by atoms with Crippen molar-refractivity contribution in [1.82, 2.24) is 4.90 Å². The third kappa shape index (κ3) is 2.97. The van der Waals surface area contributed by atoms with Gasteiger partial charge in [-0.25, -0.2) is 0 Å². The van der Waals surface area contributed by atoms with Crippen molar-refractivity contribution in [2.75, 3.05) is 26.3 Å². The van der Waals surface area contributed by atoms with Crippen LogP contribution < -0.4 is 5.73 Å². The molecule has 76 valence electrons. The van der Waals surface area contributed by atoms with E-state index in [1.165, 1.54) is 0 Å². The Balaban J connectivity index is 2.43. The second-order valence-corrected chi connectivity index (χ2v) is 3.31. The average Bonchev–Trinajstić information content (AvgIpc) is 2.43. The summed E-state index contributed by atoms with van der Waals surface area (Å²) in [6.45, 7) is 4.79. The summed E-state index contributed by atoms with van der Waals surface area (Å²) in [7, 11) is 0. The Bertz CT molecular complexity index is 165. The van der Waals surface area contributed by atoms with Gasteiger partial charge in [-0.05, 0) is 12.8 Å². The summed E-state index contributed by atoms with van der Waals surface area (Å²) >= 11 is 0. The van der Waals surface area contributed by atoms with Crippen molar-refractivity contribution >= 4 is 5.91 Å². The van der Waals surface area contributed by atoms with E-state index in [4.69, 9.17) is 10.5 Å². The highest BCUT2D eigenvalue weighted by molar-refractivity contribution is 5.81. The molecule has 0 aromatic rings. The minimum absolute atomic E-state index is 0.0630. The van der Waals surface area contributed by atoms with E-state index in [2.05, 4.69) is 0 Å². The molecule has 1 saturated heterocycles. The molecule has 1 amide bonds. The summed E-state index contributed by atoms with van der Waals surface area (Å²) in [6.07, 6.45) is 1.62.